The van der Waals surface area contributed by atoms with Gasteiger partial charge in [0.2, 0.25) is 11.8 Å². The molecule has 0 saturated heterocycles. The quantitative estimate of drug-likeness (QED) is 0.246. The summed E-state index contributed by atoms with van der Waals surface area (Å²) in [5.41, 5.74) is 0.662. The number of carbonyl (C=O) groups is 3. The molecule has 1 aromatic carbocycles. The summed E-state index contributed by atoms with van der Waals surface area (Å²) in [4.78, 5) is 62.8. The Balaban J connectivity index is 2.56. The summed E-state index contributed by atoms with van der Waals surface area (Å²) in [5.74, 6) is -2.85. The van der Waals surface area contributed by atoms with Crippen molar-refractivity contribution >= 4 is 42.0 Å². The van der Waals surface area contributed by atoms with Gasteiger partial charge in [0, 0.05) is 24.9 Å². The van der Waals surface area contributed by atoms with E-state index in [9.17, 15) is 33.8 Å². The highest BCUT2D eigenvalue weighted by Crippen LogP contribution is 2.43. The van der Waals surface area contributed by atoms with Gasteiger partial charge in [0.1, 0.15) is 12.1 Å². The number of benzene rings is 1. The molecule has 2 amide bonds. The van der Waals surface area contributed by atoms with Crippen molar-refractivity contribution in [2.24, 2.45) is 5.92 Å². The Bertz CT molecular complexity index is 1010. The smallest absolute Gasteiger partial charge is 0.405 e. The third-order valence-corrected chi connectivity index (χ3v) is 6.76. The number of aromatic nitrogens is 1. The fourth-order valence-corrected chi connectivity index (χ4v) is 4.88. The average Bonchev–Trinajstić information content (AvgIpc) is 3.26. The minimum atomic E-state index is -5.03. The second-order valence-corrected chi connectivity index (χ2v) is 10.5. The molecule has 1 aromatic heterocycles. The molecule has 34 heavy (non-hydrogen) atoms. The van der Waals surface area contributed by atoms with Gasteiger partial charge in [-0.05, 0) is 17.9 Å². The van der Waals surface area contributed by atoms with Gasteiger partial charge >= 0.3 is 13.7 Å². The molecule has 2 rings (SSSR count). The molecule has 2 aromatic rings. The highest BCUT2D eigenvalue weighted by molar-refractivity contribution is 7.49. The molecule has 0 saturated carbocycles. The number of hydrogen-bond donors (Lipinski definition) is 4. The molecule has 2 unspecified atom stereocenters. The van der Waals surface area contributed by atoms with Gasteiger partial charge in [0.25, 0.3) is 0 Å². The van der Waals surface area contributed by atoms with Crippen LogP contribution >= 0.6 is 19.1 Å². The van der Waals surface area contributed by atoms with Crippen LogP contribution in [0.25, 0.3) is 0 Å². The number of aliphatic carboxylic acids is 1. The van der Waals surface area contributed by atoms with Crippen LogP contribution in [0.1, 0.15) is 32.8 Å². The summed E-state index contributed by atoms with van der Waals surface area (Å²) in [6, 6.07) is 5.92. The molecule has 2 atom stereocenters. The Hall–Kier alpha value is -2.63. The number of carbonyl (C=O) groups excluding carboxylic acids is 2. The van der Waals surface area contributed by atoms with Crippen molar-refractivity contribution in [3.05, 3.63) is 47.5 Å². The fourth-order valence-electron chi connectivity index (χ4n) is 3.38. The first-order valence-corrected chi connectivity index (χ1v) is 12.9. The minimum absolute atomic E-state index is 0.00305. The number of rotatable bonds is 12. The number of thiazole rings is 1. The van der Waals surface area contributed by atoms with Gasteiger partial charge in [-0.1, -0.05) is 44.2 Å². The second kappa shape index (κ2) is 12.2. The molecular formula is C21H29N4O7PS. The van der Waals surface area contributed by atoms with E-state index < -0.39 is 44.3 Å². The van der Waals surface area contributed by atoms with Crippen LogP contribution in [-0.2, 0) is 25.4 Å². The molecule has 186 valence electrons. The van der Waals surface area contributed by atoms with E-state index in [0.717, 1.165) is 16.2 Å². The molecule has 13 heteroatoms. The van der Waals surface area contributed by atoms with E-state index in [-0.39, 0.29) is 23.9 Å². The second-order valence-electron chi connectivity index (χ2n) is 8.06. The predicted octanol–water partition coefficient (Wildman–Crippen LogP) is 2.07. The normalized spacial score (nSPS) is 13.5. The van der Waals surface area contributed by atoms with Crippen LogP contribution in [0.3, 0.4) is 0 Å². The van der Waals surface area contributed by atoms with Crippen LogP contribution < -0.4 is 10.2 Å². The van der Waals surface area contributed by atoms with Crippen molar-refractivity contribution in [2.45, 2.75) is 45.7 Å². The van der Waals surface area contributed by atoms with Gasteiger partial charge in [-0.2, -0.15) is 4.67 Å². The molecule has 0 fully saturated rings. The zero-order chi connectivity index (χ0) is 25.5. The van der Waals surface area contributed by atoms with Crippen molar-refractivity contribution in [1.82, 2.24) is 15.0 Å². The Morgan fingerprint density at radius 1 is 1.15 bits per heavy atom. The molecule has 0 bridgehead atoms. The average molecular weight is 513 g/mol. The summed E-state index contributed by atoms with van der Waals surface area (Å²) in [5, 5.41) is 14.0. The first-order chi connectivity index (χ1) is 15.9. The van der Waals surface area contributed by atoms with Crippen LogP contribution in [0.2, 0.25) is 0 Å². The SMILES string of the molecule is CC(=O)NCN(C(CC(C)C)C(=O)N(c1nccs1)C(Cc1ccccc1)C(=O)O)P(=O)(O)O. The van der Waals surface area contributed by atoms with E-state index in [2.05, 4.69) is 10.3 Å². The van der Waals surface area contributed by atoms with Gasteiger partial charge in [-0.3, -0.25) is 14.5 Å². The zero-order valence-corrected chi connectivity index (χ0v) is 20.8. The largest absolute Gasteiger partial charge is 0.480 e. The third-order valence-electron chi connectivity index (χ3n) is 4.90. The Labute approximate surface area is 201 Å². The number of carboxylic acid groups (broad SMARTS) is 1. The first kappa shape index (κ1) is 27.6. The standard InChI is InChI=1S/C21H29N4O7PS/c1-14(2)11-17(24(33(30,31)32)13-23-15(3)26)19(27)25(21-22-9-10-34-21)18(20(28)29)12-16-7-5-4-6-8-16/h4-10,14,17-18H,11-13H2,1-3H3,(H,23,26)(H,28,29)(H2,30,31,32). The summed E-state index contributed by atoms with van der Waals surface area (Å²) in [6.07, 6.45) is 1.37. The number of hydrogen-bond acceptors (Lipinski definition) is 6. The number of amides is 2. The van der Waals surface area contributed by atoms with E-state index in [1.807, 2.05) is 0 Å². The minimum Gasteiger partial charge on any atom is -0.480 e. The summed E-state index contributed by atoms with van der Waals surface area (Å²) in [7, 11) is -5.03. The maximum absolute atomic E-state index is 13.9. The van der Waals surface area contributed by atoms with Crippen LogP contribution in [0.15, 0.2) is 41.9 Å². The summed E-state index contributed by atoms with van der Waals surface area (Å²) in [6.45, 7) is 4.12. The highest BCUT2D eigenvalue weighted by atomic mass is 32.1. The lowest BCUT2D eigenvalue weighted by molar-refractivity contribution is -0.140. The van der Waals surface area contributed by atoms with Crippen molar-refractivity contribution in [3.63, 3.8) is 0 Å². The van der Waals surface area contributed by atoms with E-state index in [1.54, 1.807) is 49.6 Å². The molecular weight excluding hydrogens is 483 g/mol. The first-order valence-electron chi connectivity index (χ1n) is 10.5. The number of carboxylic acids is 1. The van der Waals surface area contributed by atoms with Gasteiger partial charge in [-0.15, -0.1) is 11.3 Å². The van der Waals surface area contributed by atoms with E-state index in [1.165, 1.54) is 13.1 Å². The molecule has 0 aliphatic heterocycles. The topological polar surface area (TPSA) is 160 Å². The lowest BCUT2D eigenvalue weighted by Gasteiger charge is -2.36. The molecule has 4 N–H and O–H groups in total. The zero-order valence-electron chi connectivity index (χ0n) is 19.1. The van der Waals surface area contributed by atoms with E-state index >= 15 is 0 Å². The van der Waals surface area contributed by atoms with Crippen LogP contribution in [-0.4, -0.2) is 61.1 Å². The van der Waals surface area contributed by atoms with Gasteiger partial charge in [0.15, 0.2) is 5.13 Å². The number of nitrogens with zero attached hydrogens (tertiary/aromatic N) is 3. The predicted molar refractivity (Wildman–Crippen MR) is 127 cm³/mol. The molecule has 1 heterocycles. The third kappa shape index (κ3) is 7.71. The fraction of sp³-hybridized carbons (Fsp3) is 0.429. The van der Waals surface area contributed by atoms with Crippen molar-refractivity contribution in [3.8, 4) is 0 Å². The summed E-state index contributed by atoms with van der Waals surface area (Å²) >= 11 is 1.04. The van der Waals surface area contributed by atoms with Crippen LogP contribution in [0, 0.1) is 5.92 Å². The highest BCUT2D eigenvalue weighted by Gasteiger charge is 2.43. The van der Waals surface area contributed by atoms with Crippen molar-refractivity contribution in [1.29, 1.82) is 0 Å². The Kier molecular flexibility index (Phi) is 9.90. The van der Waals surface area contributed by atoms with Gasteiger partial charge in [0.05, 0.1) is 6.67 Å². The lowest BCUT2D eigenvalue weighted by Crippen LogP contribution is -2.56. The van der Waals surface area contributed by atoms with Gasteiger partial charge in [-0.25, -0.2) is 14.3 Å². The van der Waals surface area contributed by atoms with Crippen LogP contribution in [0.5, 0.6) is 0 Å². The Morgan fingerprint density at radius 3 is 2.26 bits per heavy atom. The summed E-state index contributed by atoms with van der Waals surface area (Å²) < 4.78 is 12.9. The lowest BCUT2D eigenvalue weighted by atomic mass is 10.00. The number of nitrogens with one attached hydrogen (secondary N) is 1. The Morgan fingerprint density at radius 2 is 1.79 bits per heavy atom. The maximum atomic E-state index is 13.9. The van der Waals surface area contributed by atoms with Crippen molar-refractivity contribution < 1.29 is 33.8 Å². The van der Waals surface area contributed by atoms with Gasteiger partial charge < -0.3 is 20.2 Å². The van der Waals surface area contributed by atoms with E-state index in [0.29, 0.717) is 10.2 Å². The monoisotopic (exact) mass is 512 g/mol. The number of anilines is 1. The molecule has 0 spiro atoms. The van der Waals surface area contributed by atoms with Crippen molar-refractivity contribution in [2.75, 3.05) is 11.6 Å². The van der Waals surface area contributed by atoms with Crippen LogP contribution in [0.4, 0.5) is 5.13 Å². The molecule has 0 aliphatic carbocycles. The van der Waals surface area contributed by atoms with E-state index in [4.69, 9.17) is 0 Å². The molecule has 0 radical (unpaired) electrons. The molecule has 11 nitrogen and oxygen atoms in total. The maximum Gasteiger partial charge on any atom is 0.405 e. The molecule has 0 aliphatic rings.